The molecule has 0 saturated heterocycles. The average Bonchev–Trinajstić information content (AvgIpc) is 3.33. The van der Waals surface area contributed by atoms with Crippen molar-refractivity contribution in [2.24, 2.45) is 5.41 Å². The monoisotopic (exact) mass is 380 g/mol. The zero-order valence-corrected chi connectivity index (χ0v) is 16.3. The van der Waals surface area contributed by atoms with Crippen molar-refractivity contribution in [1.82, 2.24) is 10.3 Å². The van der Waals surface area contributed by atoms with E-state index in [4.69, 9.17) is 9.72 Å². The third-order valence-electron chi connectivity index (χ3n) is 5.48. The third kappa shape index (κ3) is 3.83. The summed E-state index contributed by atoms with van der Waals surface area (Å²) < 4.78 is 6.38. The molecule has 1 N–H and O–H groups in total. The van der Waals surface area contributed by atoms with Crippen molar-refractivity contribution in [3.63, 3.8) is 0 Å². The van der Waals surface area contributed by atoms with Crippen LogP contribution in [0, 0.1) is 5.41 Å². The number of fused-ring (bicyclic) bond motifs is 1. The quantitative estimate of drug-likeness (QED) is 0.673. The highest BCUT2D eigenvalue weighted by Crippen LogP contribution is 2.42. The first-order valence-electron chi connectivity index (χ1n) is 9.44. The smallest absolute Gasteiger partial charge is 0.226 e. The number of carbonyl (C=O) groups is 1. The average molecular weight is 381 g/mol. The summed E-state index contributed by atoms with van der Waals surface area (Å²) in [4.78, 5) is 17.9. The molecule has 0 radical (unpaired) electrons. The first-order chi connectivity index (χ1) is 13.2. The molecular weight excluding hydrogens is 356 g/mol. The van der Waals surface area contributed by atoms with Crippen LogP contribution in [0.1, 0.15) is 36.3 Å². The van der Waals surface area contributed by atoms with Crippen LogP contribution < -0.4 is 10.1 Å². The van der Waals surface area contributed by atoms with Crippen molar-refractivity contribution in [1.29, 1.82) is 0 Å². The molecule has 5 heteroatoms. The summed E-state index contributed by atoms with van der Waals surface area (Å²) in [6, 6.07) is 16.0. The summed E-state index contributed by atoms with van der Waals surface area (Å²) in [5.74, 6) is 0.989. The highest BCUT2D eigenvalue weighted by atomic mass is 32.1. The molecule has 1 aliphatic carbocycles. The molecular formula is C22H24N2O2S. The van der Waals surface area contributed by atoms with E-state index in [-0.39, 0.29) is 11.3 Å². The Morgan fingerprint density at radius 3 is 2.59 bits per heavy atom. The van der Waals surface area contributed by atoms with Gasteiger partial charge >= 0.3 is 0 Å². The molecule has 0 bridgehead atoms. The van der Waals surface area contributed by atoms with Crippen LogP contribution in [0.2, 0.25) is 0 Å². The standard InChI is InChI=1S/C22H24N2O2S/c1-26-17-10-8-16(9-11-17)15-23-21(25)22(12-4-5-13-22)14-20-24-18-6-2-3-7-19(18)27-20/h2-3,6-11H,4-5,12-15H2,1H3,(H,23,25). The van der Waals surface area contributed by atoms with Gasteiger partial charge in [-0.2, -0.15) is 0 Å². The van der Waals surface area contributed by atoms with Crippen molar-refractivity contribution in [3.8, 4) is 5.75 Å². The molecule has 140 valence electrons. The van der Waals surface area contributed by atoms with Crippen molar-refractivity contribution < 1.29 is 9.53 Å². The number of nitrogens with zero attached hydrogens (tertiary/aromatic N) is 1. The Bertz CT molecular complexity index is 894. The van der Waals surface area contributed by atoms with Gasteiger partial charge in [0.25, 0.3) is 0 Å². The van der Waals surface area contributed by atoms with Crippen LogP contribution in [0.15, 0.2) is 48.5 Å². The first-order valence-corrected chi connectivity index (χ1v) is 10.3. The van der Waals surface area contributed by atoms with Gasteiger partial charge in [-0.05, 0) is 42.7 Å². The number of ether oxygens (including phenoxy) is 1. The predicted molar refractivity (Wildman–Crippen MR) is 109 cm³/mol. The van der Waals surface area contributed by atoms with Crippen molar-refractivity contribution in [2.45, 2.75) is 38.6 Å². The molecule has 4 rings (SSSR count). The van der Waals surface area contributed by atoms with Crippen LogP contribution in [0.25, 0.3) is 10.2 Å². The van der Waals surface area contributed by atoms with E-state index in [0.717, 1.165) is 53.9 Å². The van der Waals surface area contributed by atoms with Crippen LogP contribution >= 0.6 is 11.3 Å². The van der Waals surface area contributed by atoms with Crippen molar-refractivity contribution in [2.75, 3.05) is 7.11 Å². The van der Waals surface area contributed by atoms with Crippen molar-refractivity contribution >= 4 is 27.5 Å². The second-order valence-electron chi connectivity index (χ2n) is 7.27. The Balaban J connectivity index is 1.47. The van der Waals surface area contributed by atoms with E-state index in [1.165, 1.54) is 4.70 Å². The molecule has 1 amide bonds. The molecule has 0 atom stereocenters. The van der Waals surface area contributed by atoms with Gasteiger partial charge in [-0.3, -0.25) is 4.79 Å². The summed E-state index contributed by atoms with van der Waals surface area (Å²) >= 11 is 1.71. The number of hydrogen-bond acceptors (Lipinski definition) is 4. The summed E-state index contributed by atoms with van der Waals surface area (Å²) in [6.07, 6.45) is 4.84. The molecule has 1 saturated carbocycles. The highest BCUT2D eigenvalue weighted by Gasteiger charge is 2.41. The molecule has 3 aromatic rings. The zero-order valence-electron chi connectivity index (χ0n) is 15.5. The van der Waals surface area contributed by atoms with Gasteiger partial charge in [0.2, 0.25) is 5.91 Å². The SMILES string of the molecule is COc1ccc(CNC(=O)C2(Cc3nc4ccccc4s3)CCCC2)cc1. The molecule has 4 nitrogen and oxygen atoms in total. The number of rotatable bonds is 6. The maximum Gasteiger partial charge on any atom is 0.226 e. The number of methoxy groups -OCH3 is 1. The minimum absolute atomic E-state index is 0.162. The van der Waals surface area contributed by atoms with Crippen molar-refractivity contribution in [3.05, 3.63) is 59.1 Å². The minimum atomic E-state index is -0.319. The predicted octanol–water partition coefficient (Wildman–Crippen LogP) is 4.72. The van der Waals surface area contributed by atoms with E-state index in [2.05, 4.69) is 11.4 Å². The topological polar surface area (TPSA) is 51.2 Å². The highest BCUT2D eigenvalue weighted by molar-refractivity contribution is 7.18. The van der Waals surface area contributed by atoms with E-state index in [9.17, 15) is 4.79 Å². The van der Waals surface area contributed by atoms with Crippen LogP contribution in [0.3, 0.4) is 0 Å². The van der Waals surface area contributed by atoms with Crippen LogP contribution in [0.5, 0.6) is 5.75 Å². The number of amides is 1. The largest absolute Gasteiger partial charge is 0.497 e. The summed E-state index contributed by atoms with van der Waals surface area (Å²) in [5, 5.41) is 4.24. The summed E-state index contributed by atoms with van der Waals surface area (Å²) in [7, 11) is 1.66. The van der Waals surface area contributed by atoms with E-state index >= 15 is 0 Å². The lowest BCUT2D eigenvalue weighted by molar-refractivity contribution is -0.131. The molecule has 0 aliphatic heterocycles. The number of hydrogen-bond donors (Lipinski definition) is 1. The number of carbonyl (C=O) groups excluding carboxylic acids is 1. The number of thiazole rings is 1. The normalized spacial score (nSPS) is 15.7. The fourth-order valence-electron chi connectivity index (χ4n) is 3.93. The second kappa shape index (κ2) is 7.69. The maximum absolute atomic E-state index is 13.1. The van der Waals surface area contributed by atoms with Gasteiger partial charge in [-0.25, -0.2) is 4.98 Å². The Kier molecular flexibility index (Phi) is 5.12. The van der Waals surface area contributed by atoms with Crippen LogP contribution in [-0.2, 0) is 17.8 Å². The maximum atomic E-state index is 13.1. The molecule has 1 aliphatic rings. The zero-order chi connectivity index (χ0) is 18.7. The van der Waals surface area contributed by atoms with Gasteiger partial charge in [0.1, 0.15) is 5.75 Å². The lowest BCUT2D eigenvalue weighted by Gasteiger charge is -2.26. The molecule has 27 heavy (non-hydrogen) atoms. The Hall–Kier alpha value is -2.40. The fraction of sp³-hybridized carbons (Fsp3) is 0.364. The van der Waals surface area contributed by atoms with Crippen LogP contribution in [-0.4, -0.2) is 18.0 Å². The molecule has 1 fully saturated rings. The molecule has 1 heterocycles. The molecule has 2 aromatic carbocycles. The summed E-state index contributed by atoms with van der Waals surface area (Å²) in [5.41, 5.74) is 1.79. The minimum Gasteiger partial charge on any atom is -0.497 e. The Morgan fingerprint density at radius 2 is 1.89 bits per heavy atom. The number of nitrogens with one attached hydrogen (secondary N) is 1. The van der Waals surface area contributed by atoms with Crippen LogP contribution in [0.4, 0.5) is 0 Å². The Labute approximate surface area is 163 Å². The van der Waals surface area contributed by atoms with Gasteiger partial charge < -0.3 is 10.1 Å². The first kappa shape index (κ1) is 18.0. The van der Waals surface area contributed by atoms with Gasteiger partial charge in [-0.15, -0.1) is 11.3 Å². The number of aromatic nitrogens is 1. The van der Waals surface area contributed by atoms with Gasteiger partial charge in [-0.1, -0.05) is 37.1 Å². The molecule has 0 spiro atoms. The van der Waals surface area contributed by atoms with E-state index in [1.54, 1.807) is 18.4 Å². The molecule has 1 aromatic heterocycles. The van der Waals surface area contributed by atoms with E-state index < -0.39 is 0 Å². The number of para-hydroxylation sites is 1. The van der Waals surface area contributed by atoms with Gasteiger partial charge in [0.05, 0.1) is 27.7 Å². The van der Waals surface area contributed by atoms with E-state index in [1.807, 2.05) is 42.5 Å². The lowest BCUT2D eigenvalue weighted by atomic mass is 9.82. The lowest BCUT2D eigenvalue weighted by Crippen LogP contribution is -2.40. The number of benzene rings is 2. The van der Waals surface area contributed by atoms with Gasteiger partial charge in [0.15, 0.2) is 0 Å². The summed E-state index contributed by atoms with van der Waals surface area (Å²) in [6.45, 7) is 0.546. The Morgan fingerprint density at radius 1 is 1.15 bits per heavy atom. The van der Waals surface area contributed by atoms with E-state index in [0.29, 0.717) is 6.54 Å². The second-order valence-corrected chi connectivity index (χ2v) is 8.39. The molecule has 0 unspecified atom stereocenters. The fourth-order valence-corrected chi connectivity index (χ4v) is 5.05. The third-order valence-corrected chi connectivity index (χ3v) is 6.52. The van der Waals surface area contributed by atoms with Gasteiger partial charge in [0, 0.05) is 13.0 Å².